The number of benzene rings is 4. The molecule has 1 aliphatic rings. The van der Waals surface area contributed by atoms with Gasteiger partial charge in [-0.25, -0.2) is 0 Å². The maximum absolute atomic E-state index is 13.5. The number of hydrogen-bond donors (Lipinski definition) is 1. The summed E-state index contributed by atoms with van der Waals surface area (Å²) in [5.41, 5.74) is 4.34. The largest absolute Gasteiger partial charge is 0.492 e. The summed E-state index contributed by atoms with van der Waals surface area (Å²) in [6.45, 7) is 1.65. The number of ether oxygens (including phenoxy) is 4. The second kappa shape index (κ2) is 15.3. The zero-order chi connectivity index (χ0) is 29.0. The molecule has 0 saturated carbocycles. The van der Waals surface area contributed by atoms with E-state index in [4.69, 9.17) is 30.5 Å². The fraction of sp³-hybridized carbons (Fsp3) is 0.229. The lowest BCUT2D eigenvalue weighted by molar-refractivity contribution is -0.156. The van der Waals surface area contributed by atoms with Crippen molar-refractivity contribution in [1.82, 2.24) is 5.32 Å². The summed E-state index contributed by atoms with van der Waals surface area (Å²) in [5, 5.41) is 3.63. The summed E-state index contributed by atoms with van der Waals surface area (Å²) in [6, 6.07) is 37.1. The summed E-state index contributed by atoms with van der Waals surface area (Å²) in [5.74, 6) is -0.292. The number of carbonyl (C=O) groups is 1. The number of halogens is 1. The smallest absolute Gasteiger partial charge is 0.253 e. The van der Waals surface area contributed by atoms with Crippen LogP contribution in [0.15, 0.2) is 127 Å². The average molecular weight is 584 g/mol. The van der Waals surface area contributed by atoms with E-state index in [0.717, 1.165) is 22.3 Å². The van der Waals surface area contributed by atoms with Crippen molar-refractivity contribution in [3.8, 4) is 0 Å². The average Bonchev–Trinajstić information content (AvgIpc) is 3.04. The summed E-state index contributed by atoms with van der Waals surface area (Å²) < 4.78 is 25.1. The third kappa shape index (κ3) is 8.54. The quantitative estimate of drug-likeness (QED) is 0.191. The zero-order valence-corrected chi connectivity index (χ0v) is 24.0. The molecule has 0 fully saturated rings. The second-order valence-electron chi connectivity index (χ2n) is 10.0. The van der Waals surface area contributed by atoms with Gasteiger partial charge in [-0.05, 0) is 34.4 Å². The van der Waals surface area contributed by atoms with E-state index in [1.54, 1.807) is 12.1 Å². The van der Waals surface area contributed by atoms with Crippen LogP contribution in [0.3, 0.4) is 0 Å². The molecule has 5 rings (SSSR count). The summed E-state index contributed by atoms with van der Waals surface area (Å²) in [4.78, 5) is 13.5. The van der Waals surface area contributed by atoms with E-state index in [9.17, 15) is 4.79 Å². The van der Waals surface area contributed by atoms with E-state index in [1.165, 1.54) is 6.26 Å². The van der Waals surface area contributed by atoms with Gasteiger partial charge >= 0.3 is 0 Å². The van der Waals surface area contributed by atoms with Crippen LogP contribution in [0, 0.1) is 0 Å². The zero-order valence-electron chi connectivity index (χ0n) is 23.2. The fourth-order valence-electron chi connectivity index (χ4n) is 4.65. The molecule has 0 unspecified atom stereocenters. The van der Waals surface area contributed by atoms with Crippen molar-refractivity contribution < 1.29 is 23.7 Å². The van der Waals surface area contributed by atoms with Gasteiger partial charge in [0.1, 0.15) is 18.3 Å². The van der Waals surface area contributed by atoms with Gasteiger partial charge in [0.2, 0.25) is 0 Å². The lowest BCUT2D eigenvalue weighted by Gasteiger charge is -2.37. The molecule has 1 N–H and O–H groups in total. The SMILES string of the molecule is O=C(NCc1ccc(Cl)cc1)C1=CO[C@H](COCc2ccccc2)[C@@H](OCc2ccccc2)[C@@H]1OCc1ccccc1. The number of amides is 1. The maximum Gasteiger partial charge on any atom is 0.253 e. The molecule has 42 heavy (non-hydrogen) atoms. The van der Waals surface area contributed by atoms with Crippen molar-refractivity contribution >= 4 is 17.5 Å². The second-order valence-corrected chi connectivity index (χ2v) is 10.5. The van der Waals surface area contributed by atoms with Crippen molar-refractivity contribution in [1.29, 1.82) is 0 Å². The summed E-state index contributed by atoms with van der Waals surface area (Å²) >= 11 is 6.02. The van der Waals surface area contributed by atoms with E-state index in [0.29, 0.717) is 37.0 Å². The lowest BCUT2D eigenvalue weighted by Crippen LogP contribution is -2.50. The minimum Gasteiger partial charge on any atom is -0.492 e. The van der Waals surface area contributed by atoms with Crippen molar-refractivity contribution in [2.75, 3.05) is 6.61 Å². The minimum atomic E-state index is -0.696. The highest BCUT2D eigenvalue weighted by atomic mass is 35.5. The molecule has 1 aliphatic heterocycles. The molecule has 4 aromatic carbocycles. The Kier molecular flexibility index (Phi) is 10.8. The first-order valence-electron chi connectivity index (χ1n) is 14.0. The maximum atomic E-state index is 13.5. The molecule has 0 bridgehead atoms. The molecule has 0 saturated heterocycles. The number of hydrogen-bond acceptors (Lipinski definition) is 5. The fourth-order valence-corrected chi connectivity index (χ4v) is 4.78. The Balaban J connectivity index is 1.36. The molecule has 3 atom stereocenters. The third-order valence-corrected chi connectivity index (χ3v) is 7.17. The highest BCUT2D eigenvalue weighted by Crippen LogP contribution is 2.28. The standard InChI is InChI=1S/C35H34ClNO5/c36-30-18-16-26(17-19-30)20-37-35(38)31-24-40-32(25-39-21-27-10-4-1-5-11-27)34(42-23-29-14-8-3-9-15-29)33(31)41-22-28-12-6-2-7-13-28/h1-19,24,32-34H,20-23,25H2,(H,37,38)/t32-,33-,34-/m1/s1. The molecule has 0 spiro atoms. The Hall–Kier alpha value is -3.94. The van der Waals surface area contributed by atoms with Gasteiger partial charge in [0.15, 0.2) is 0 Å². The monoisotopic (exact) mass is 583 g/mol. The molecule has 0 aliphatic carbocycles. The van der Waals surface area contributed by atoms with Crippen LogP contribution in [0.25, 0.3) is 0 Å². The van der Waals surface area contributed by atoms with E-state index >= 15 is 0 Å². The van der Waals surface area contributed by atoms with Gasteiger partial charge in [-0.1, -0.05) is 115 Å². The van der Waals surface area contributed by atoms with E-state index in [2.05, 4.69) is 5.32 Å². The normalized spacial score (nSPS) is 18.1. The molecule has 6 nitrogen and oxygen atoms in total. The van der Waals surface area contributed by atoms with Crippen molar-refractivity contribution in [3.05, 3.63) is 154 Å². The van der Waals surface area contributed by atoms with Gasteiger partial charge in [0, 0.05) is 11.6 Å². The highest BCUT2D eigenvalue weighted by molar-refractivity contribution is 6.30. The van der Waals surface area contributed by atoms with E-state index in [1.807, 2.05) is 103 Å². The first-order valence-corrected chi connectivity index (χ1v) is 14.3. The first kappa shape index (κ1) is 29.5. The summed E-state index contributed by atoms with van der Waals surface area (Å²) in [7, 11) is 0. The number of carbonyl (C=O) groups excluding carboxylic acids is 1. The van der Waals surface area contributed by atoms with Gasteiger partial charge < -0.3 is 24.3 Å². The minimum absolute atomic E-state index is 0.260. The van der Waals surface area contributed by atoms with Gasteiger partial charge in [-0.2, -0.15) is 0 Å². The van der Waals surface area contributed by atoms with Crippen LogP contribution in [0.1, 0.15) is 22.3 Å². The molecule has 0 radical (unpaired) electrons. The van der Waals surface area contributed by atoms with Crippen LogP contribution >= 0.6 is 11.6 Å². The number of nitrogens with one attached hydrogen (secondary N) is 1. The van der Waals surface area contributed by atoms with E-state index in [-0.39, 0.29) is 12.5 Å². The third-order valence-electron chi connectivity index (χ3n) is 6.92. The Morgan fingerprint density at radius 3 is 1.83 bits per heavy atom. The highest BCUT2D eigenvalue weighted by Gasteiger charge is 2.41. The molecule has 0 aromatic heterocycles. The molecule has 216 valence electrons. The van der Waals surface area contributed by atoms with Crippen LogP contribution in [0.4, 0.5) is 0 Å². The van der Waals surface area contributed by atoms with Gasteiger partial charge in [0.05, 0.1) is 38.3 Å². The molecule has 4 aromatic rings. The van der Waals surface area contributed by atoms with Gasteiger partial charge in [0.25, 0.3) is 5.91 Å². The van der Waals surface area contributed by atoms with Crippen LogP contribution < -0.4 is 5.32 Å². The topological polar surface area (TPSA) is 66.0 Å². The Bertz CT molecular complexity index is 1410. The molecular weight excluding hydrogens is 550 g/mol. The molecule has 1 amide bonds. The molecule has 7 heteroatoms. The van der Waals surface area contributed by atoms with Crippen LogP contribution in [-0.2, 0) is 50.1 Å². The molecule has 1 heterocycles. The van der Waals surface area contributed by atoms with Crippen LogP contribution in [-0.4, -0.2) is 30.8 Å². The van der Waals surface area contributed by atoms with Crippen molar-refractivity contribution in [3.63, 3.8) is 0 Å². The Morgan fingerprint density at radius 2 is 1.24 bits per heavy atom. The van der Waals surface area contributed by atoms with Crippen molar-refractivity contribution in [2.24, 2.45) is 0 Å². The Morgan fingerprint density at radius 1 is 0.690 bits per heavy atom. The van der Waals surface area contributed by atoms with Crippen LogP contribution in [0.5, 0.6) is 0 Å². The predicted molar refractivity (Wildman–Crippen MR) is 162 cm³/mol. The lowest BCUT2D eigenvalue weighted by atomic mass is 9.97. The van der Waals surface area contributed by atoms with Crippen molar-refractivity contribution in [2.45, 2.75) is 44.7 Å². The Labute approximate surface area is 251 Å². The predicted octanol–water partition coefficient (Wildman–Crippen LogP) is 6.63. The molecular formula is C35H34ClNO5. The van der Waals surface area contributed by atoms with Gasteiger partial charge in [-0.15, -0.1) is 0 Å². The van der Waals surface area contributed by atoms with Crippen LogP contribution in [0.2, 0.25) is 5.02 Å². The first-order chi connectivity index (χ1) is 20.7. The van der Waals surface area contributed by atoms with Gasteiger partial charge in [-0.3, -0.25) is 4.79 Å². The summed E-state index contributed by atoms with van der Waals surface area (Å²) in [6.07, 6.45) is -0.304. The van der Waals surface area contributed by atoms with E-state index < -0.39 is 18.3 Å². The number of rotatable bonds is 13.